The number of sulfonamides is 1. The van der Waals surface area contributed by atoms with Gasteiger partial charge in [0, 0.05) is 5.56 Å². The second-order valence-corrected chi connectivity index (χ2v) is 8.07. The molecule has 0 aliphatic carbocycles. The van der Waals surface area contributed by atoms with Gasteiger partial charge in [0.25, 0.3) is 0 Å². The van der Waals surface area contributed by atoms with Gasteiger partial charge < -0.3 is 4.90 Å². The Morgan fingerprint density at radius 3 is 2.35 bits per heavy atom. The molecule has 1 saturated heterocycles. The van der Waals surface area contributed by atoms with Crippen molar-refractivity contribution in [3.8, 4) is 0 Å². The Kier molecular flexibility index (Phi) is 4.80. The summed E-state index contributed by atoms with van der Waals surface area (Å²) < 4.78 is 26.8. The third-order valence-electron chi connectivity index (χ3n) is 4.35. The maximum absolute atomic E-state index is 12.6. The lowest BCUT2D eigenvalue weighted by Crippen LogP contribution is -3.13. The van der Waals surface area contributed by atoms with Gasteiger partial charge in [0.05, 0.1) is 31.1 Å². The van der Waals surface area contributed by atoms with Crippen molar-refractivity contribution < 1.29 is 13.3 Å². The predicted octanol–water partition coefficient (Wildman–Crippen LogP) is 1.08. The minimum atomic E-state index is -3.35. The fourth-order valence-electron chi connectivity index (χ4n) is 3.07. The Bertz CT molecular complexity index is 752. The number of nitrogens with zero attached hydrogens (tertiary/aromatic N) is 1. The maximum Gasteiger partial charge on any atom is 0.243 e. The largest absolute Gasteiger partial charge is 0.329 e. The average molecular weight is 331 g/mol. The second-order valence-electron chi connectivity index (χ2n) is 6.13. The van der Waals surface area contributed by atoms with Crippen LogP contribution in [0.2, 0.25) is 0 Å². The van der Waals surface area contributed by atoms with Gasteiger partial charge in [-0.15, -0.1) is 0 Å². The van der Waals surface area contributed by atoms with Gasteiger partial charge in [-0.1, -0.05) is 48.0 Å². The molecule has 0 aromatic heterocycles. The summed E-state index contributed by atoms with van der Waals surface area (Å²) in [5.74, 6) is 0. The number of nitrogens with one attached hydrogen (secondary N) is 1. The molecule has 0 unspecified atom stereocenters. The van der Waals surface area contributed by atoms with Crippen LogP contribution >= 0.6 is 0 Å². The van der Waals surface area contributed by atoms with Crippen LogP contribution in [0.25, 0.3) is 0 Å². The summed E-state index contributed by atoms with van der Waals surface area (Å²) in [6.45, 7) is 5.92. The van der Waals surface area contributed by atoms with E-state index < -0.39 is 10.0 Å². The van der Waals surface area contributed by atoms with Crippen LogP contribution in [0.1, 0.15) is 11.1 Å². The molecular formula is C18H23N2O2S+. The lowest BCUT2D eigenvalue weighted by Gasteiger charge is -2.31. The van der Waals surface area contributed by atoms with E-state index in [0.29, 0.717) is 18.0 Å². The van der Waals surface area contributed by atoms with Gasteiger partial charge in [0.2, 0.25) is 10.0 Å². The first-order valence-electron chi connectivity index (χ1n) is 8.00. The van der Waals surface area contributed by atoms with Crippen LogP contribution in [0.3, 0.4) is 0 Å². The average Bonchev–Trinajstić information content (AvgIpc) is 2.56. The molecule has 0 amide bonds. The summed E-state index contributed by atoms with van der Waals surface area (Å²) >= 11 is 0. The van der Waals surface area contributed by atoms with E-state index in [4.69, 9.17) is 0 Å². The van der Waals surface area contributed by atoms with Crippen molar-refractivity contribution in [1.29, 1.82) is 0 Å². The van der Waals surface area contributed by atoms with Crippen molar-refractivity contribution in [3.63, 3.8) is 0 Å². The molecule has 1 aliphatic rings. The fourth-order valence-corrected chi connectivity index (χ4v) is 4.53. The van der Waals surface area contributed by atoms with Crippen LogP contribution in [0.4, 0.5) is 0 Å². The third kappa shape index (κ3) is 3.80. The normalized spacial score (nSPS) is 17.3. The fraction of sp³-hybridized carbons (Fsp3) is 0.333. The standard InChI is InChI=1S/C18H22N2O2S/c1-16-6-5-7-17(14-16)15-19-10-12-20(13-11-19)23(21,22)18-8-3-2-4-9-18/h2-9,14H,10-13,15H2,1H3/p+1. The molecule has 23 heavy (non-hydrogen) atoms. The van der Waals surface area contributed by atoms with Crippen molar-refractivity contribution in [2.45, 2.75) is 18.4 Å². The highest BCUT2D eigenvalue weighted by Crippen LogP contribution is 2.14. The summed E-state index contributed by atoms with van der Waals surface area (Å²) in [4.78, 5) is 1.83. The summed E-state index contributed by atoms with van der Waals surface area (Å²) in [5, 5.41) is 0. The number of piperazine rings is 1. The summed E-state index contributed by atoms with van der Waals surface area (Å²) in [5.41, 5.74) is 2.59. The molecule has 0 saturated carbocycles. The van der Waals surface area contributed by atoms with Gasteiger partial charge in [-0.3, -0.25) is 0 Å². The number of rotatable bonds is 4. The Balaban J connectivity index is 1.62. The molecule has 2 aromatic carbocycles. The van der Waals surface area contributed by atoms with Crippen molar-refractivity contribution in [1.82, 2.24) is 4.31 Å². The Labute approximate surface area is 138 Å². The van der Waals surface area contributed by atoms with Crippen molar-refractivity contribution in [2.24, 2.45) is 0 Å². The molecular weight excluding hydrogens is 308 g/mol. The Hall–Kier alpha value is -1.69. The third-order valence-corrected chi connectivity index (χ3v) is 6.26. The minimum Gasteiger partial charge on any atom is -0.329 e. The van der Waals surface area contributed by atoms with E-state index in [-0.39, 0.29) is 0 Å². The van der Waals surface area contributed by atoms with Gasteiger partial charge in [-0.05, 0) is 19.1 Å². The Morgan fingerprint density at radius 2 is 1.70 bits per heavy atom. The van der Waals surface area contributed by atoms with Crippen molar-refractivity contribution >= 4 is 10.0 Å². The van der Waals surface area contributed by atoms with Gasteiger partial charge in [-0.25, -0.2) is 8.42 Å². The molecule has 1 fully saturated rings. The first kappa shape index (κ1) is 16.2. The zero-order valence-corrected chi connectivity index (χ0v) is 14.2. The summed E-state index contributed by atoms with van der Waals surface area (Å²) in [7, 11) is -3.35. The molecule has 122 valence electrons. The van der Waals surface area contributed by atoms with Crippen molar-refractivity contribution in [2.75, 3.05) is 26.2 Å². The summed E-state index contributed by atoms with van der Waals surface area (Å²) in [6, 6.07) is 17.3. The number of hydrogen-bond acceptors (Lipinski definition) is 2. The smallest absolute Gasteiger partial charge is 0.243 e. The number of benzene rings is 2. The van der Waals surface area contributed by atoms with E-state index in [1.165, 1.54) is 16.0 Å². The van der Waals surface area contributed by atoms with E-state index >= 15 is 0 Å². The molecule has 1 aliphatic heterocycles. The highest BCUT2D eigenvalue weighted by Gasteiger charge is 2.30. The zero-order chi connectivity index (χ0) is 16.3. The monoisotopic (exact) mass is 331 g/mol. The molecule has 5 heteroatoms. The molecule has 0 atom stereocenters. The summed E-state index contributed by atoms with van der Waals surface area (Å²) in [6.07, 6.45) is 0. The van der Waals surface area contributed by atoms with Crippen LogP contribution in [0.15, 0.2) is 59.5 Å². The molecule has 1 N–H and O–H groups in total. The maximum atomic E-state index is 12.6. The molecule has 3 rings (SSSR count). The Morgan fingerprint density at radius 1 is 1.00 bits per heavy atom. The van der Waals surface area contributed by atoms with E-state index in [1.54, 1.807) is 28.6 Å². The highest BCUT2D eigenvalue weighted by atomic mass is 32.2. The molecule has 0 spiro atoms. The van der Waals surface area contributed by atoms with Gasteiger partial charge in [0.1, 0.15) is 6.54 Å². The van der Waals surface area contributed by atoms with Gasteiger partial charge >= 0.3 is 0 Å². The van der Waals surface area contributed by atoms with Crippen LogP contribution in [-0.4, -0.2) is 38.9 Å². The van der Waals surface area contributed by atoms with E-state index in [9.17, 15) is 8.42 Å². The molecule has 0 bridgehead atoms. The van der Waals surface area contributed by atoms with Crippen LogP contribution in [0, 0.1) is 6.92 Å². The molecule has 0 radical (unpaired) electrons. The van der Waals surface area contributed by atoms with Crippen LogP contribution in [-0.2, 0) is 16.6 Å². The molecule has 4 nitrogen and oxygen atoms in total. The van der Waals surface area contributed by atoms with Gasteiger partial charge in [-0.2, -0.15) is 4.31 Å². The zero-order valence-electron chi connectivity index (χ0n) is 13.4. The quantitative estimate of drug-likeness (QED) is 0.911. The minimum absolute atomic E-state index is 0.391. The van der Waals surface area contributed by atoms with Crippen LogP contribution in [0.5, 0.6) is 0 Å². The van der Waals surface area contributed by atoms with Gasteiger partial charge in [0.15, 0.2) is 0 Å². The first-order valence-corrected chi connectivity index (χ1v) is 9.44. The number of hydrogen-bond donors (Lipinski definition) is 1. The lowest BCUT2D eigenvalue weighted by atomic mass is 10.1. The topological polar surface area (TPSA) is 41.8 Å². The van der Waals surface area contributed by atoms with E-state index in [2.05, 4.69) is 31.2 Å². The van der Waals surface area contributed by atoms with Crippen molar-refractivity contribution in [3.05, 3.63) is 65.7 Å². The number of aryl methyl sites for hydroxylation is 1. The van der Waals surface area contributed by atoms with Crippen LogP contribution < -0.4 is 4.90 Å². The predicted molar refractivity (Wildman–Crippen MR) is 90.8 cm³/mol. The molecule has 2 aromatic rings. The first-order chi connectivity index (χ1) is 11.1. The molecule has 1 heterocycles. The SMILES string of the molecule is Cc1cccc(C[NH+]2CCN(S(=O)(=O)c3ccccc3)CC2)c1. The lowest BCUT2D eigenvalue weighted by molar-refractivity contribution is -0.917. The highest BCUT2D eigenvalue weighted by molar-refractivity contribution is 7.89. The number of quaternary nitrogens is 1. The second kappa shape index (κ2) is 6.83. The van der Waals surface area contributed by atoms with E-state index in [1.807, 2.05) is 6.07 Å². The van der Waals surface area contributed by atoms with E-state index in [0.717, 1.165) is 19.6 Å².